The number of aryl methyl sites for hydroxylation is 1. The van der Waals surface area contributed by atoms with Gasteiger partial charge in [0.2, 0.25) is 11.9 Å². The van der Waals surface area contributed by atoms with Crippen molar-refractivity contribution in [3.63, 3.8) is 0 Å². The van der Waals surface area contributed by atoms with Crippen molar-refractivity contribution in [1.82, 2.24) is 29.5 Å². The maximum Gasteiger partial charge on any atom is 0.263 e. The van der Waals surface area contributed by atoms with Crippen LogP contribution in [0, 0.1) is 6.92 Å². The molecule has 0 spiro atoms. The molecule has 11 heteroatoms. The first-order valence-electron chi connectivity index (χ1n) is 11.2. The quantitative estimate of drug-likeness (QED) is 0.348. The van der Waals surface area contributed by atoms with Crippen LogP contribution in [0.3, 0.4) is 0 Å². The third-order valence-corrected chi connectivity index (χ3v) is 5.65. The number of H-pyrrole nitrogens is 1. The fourth-order valence-corrected chi connectivity index (χ4v) is 3.90. The fraction of sp³-hybridized carbons (Fsp3) is 0.160. The molecular formula is C25H22ClN7O3. The number of anilines is 1. The molecule has 2 aromatic carbocycles. The van der Waals surface area contributed by atoms with Crippen LogP contribution < -0.4 is 15.6 Å². The number of nitrogens with one attached hydrogen (secondary N) is 2. The summed E-state index contributed by atoms with van der Waals surface area (Å²) in [6, 6.07) is 16.1. The van der Waals surface area contributed by atoms with Gasteiger partial charge in [0.1, 0.15) is 17.0 Å². The molecule has 2 N–H and O–H groups in total. The molecule has 0 aliphatic carbocycles. The Kier molecular flexibility index (Phi) is 6.26. The number of ether oxygens (including phenoxy) is 1. The Morgan fingerprint density at radius 2 is 1.86 bits per heavy atom. The topological polar surface area (TPSA) is 120 Å². The molecule has 36 heavy (non-hydrogen) atoms. The van der Waals surface area contributed by atoms with Crippen molar-refractivity contribution in [2.24, 2.45) is 0 Å². The van der Waals surface area contributed by atoms with Gasteiger partial charge in [-0.2, -0.15) is 19.9 Å². The molecule has 0 atom stereocenters. The maximum atomic E-state index is 12.8. The lowest BCUT2D eigenvalue weighted by Gasteiger charge is -2.09. The summed E-state index contributed by atoms with van der Waals surface area (Å²) in [6.45, 7) is 4.27. The normalized spacial score (nSPS) is 11.1. The zero-order valence-electron chi connectivity index (χ0n) is 19.5. The average Bonchev–Trinajstić information content (AvgIpc) is 3.44. The summed E-state index contributed by atoms with van der Waals surface area (Å²) in [5.74, 6) is 1.03. The Morgan fingerprint density at radius 1 is 1.11 bits per heavy atom. The number of halogens is 1. The number of aromatic amines is 1. The van der Waals surface area contributed by atoms with Crippen molar-refractivity contribution >= 4 is 34.4 Å². The van der Waals surface area contributed by atoms with E-state index in [1.807, 2.05) is 31.2 Å². The van der Waals surface area contributed by atoms with Gasteiger partial charge in [-0.15, -0.1) is 0 Å². The Bertz CT molecular complexity index is 1600. The number of carbonyl (C=O) groups is 1. The largest absolute Gasteiger partial charge is 0.494 e. The molecular weight excluding hydrogens is 482 g/mol. The van der Waals surface area contributed by atoms with Crippen LogP contribution in [0.25, 0.3) is 22.7 Å². The van der Waals surface area contributed by atoms with Crippen molar-refractivity contribution in [2.45, 2.75) is 20.3 Å². The number of rotatable bonds is 7. The molecule has 3 aromatic heterocycles. The first-order valence-corrected chi connectivity index (χ1v) is 11.6. The minimum atomic E-state index is -0.380. The van der Waals surface area contributed by atoms with Gasteiger partial charge in [0.25, 0.3) is 5.56 Å². The van der Waals surface area contributed by atoms with Gasteiger partial charge < -0.3 is 10.1 Å². The number of hydrogen-bond donors (Lipinski definition) is 2. The number of fused-ring (bicyclic) bond motifs is 1. The monoisotopic (exact) mass is 503 g/mol. The number of amides is 1. The van der Waals surface area contributed by atoms with E-state index in [1.165, 1.54) is 10.9 Å². The predicted molar refractivity (Wildman–Crippen MR) is 136 cm³/mol. The summed E-state index contributed by atoms with van der Waals surface area (Å²) in [5, 5.41) is 12.5. The van der Waals surface area contributed by atoms with Gasteiger partial charge in [-0.05, 0) is 55.8 Å². The standard InChI is InChI=1S/C25H22ClN7O3/c1-3-36-19-10-4-16(5-11-19)13-22(34)28-21-12-15(2)31-33(21)25-29-23-20(24(35)30-25)14-27-32(23)18-8-6-17(26)7-9-18/h4-12,14H,3,13H2,1-2H3,(H,28,34)(H,29,30,35). The molecule has 5 aromatic rings. The van der Waals surface area contributed by atoms with E-state index in [0.717, 1.165) is 11.3 Å². The molecule has 0 bridgehead atoms. The van der Waals surface area contributed by atoms with Gasteiger partial charge in [-0.25, -0.2) is 4.68 Å². The number of nitrogens with zero attached hydrogens (tertiary/aromatic N) is 5. The summed E-state index contributed by atoms with van der Waals surface area (Å²) in [7, 11) is 0. The third kappa shape index (κ3) is 4.71. The lowest BCUT2D eigenvalue weighted by molar-refractivity contribution is -0.115. The van der Waals surface area contributed by atoms with Crippen molar-refractivity contribution in [3.8, 4) is 17.4 Å². The van der Waals surface area contributed by atoms with Crippen molar-refractivity contribution < 1.29 is 9.53 Å². The van der Waals surface area contributed by atoms with Crippen molar-refractivity contribution in [2.75, 3.05) is 11.9 Å². The van der Waals surface area contributed by atoms with Crippen LogP contribution in [0.4, 0.5) is 5.82 Å². The number of aromatic nitrogens is 6. The lowest BCUT2D eigenvalue weighted by atomic mass is 10.1. The molecule has 182 valence electrons. The van der Waals surface area contributed by atoms with Gasteiger partial charge in [0, 0.05) is 11.1 Å². The van der Waals surface area contributed by atoms with Crippen molar-refractivity contribution in [1.29, 1.82) is 0 Å². The van der Waals surface area contributed by atoms with E-state index in [1.54, 1.807) is 41.9 Å². The average molecular weight is 504 g/mol. The van der Waals surface area contributed by atoms with E-state index in [0.29, 0.717) is 39.9 Å². The number of carbonyl (C=O) groups excluding carboxylic acids is 1. The SMILES string of the molecule is CCOc1ccc(CC(=O)Nc2cc(C)nn2-c2nc3c(cnn3-c3ccc(Cl)cc3)c(=O)[nH]2)cc1. The predicted octanol–water partition coefficient (Wildman–Crippen LogP) is 3.84. The highest BCUT2D eigenvalue weighted by molar-refractivity contribution is 6.30. The van der Waals surface area contributed by atoms with Gasteiger partial charge in [-0.3, -0.25) is 14.6 Å². The third-order valence-electron chi connectivity index (χ3n) is 5.40. The fourth-order valence-electron chi connectivity index (χ4n) is 3.77. The Morgan fingerprint density at radius 3 is 2.58 bits per heavy atom. The Balaban J connectivity index is 1.45. The number of benzene rings is 2. The second-order valence-electron chi connectivity index (χ2n) is 8.04. The Labute approximate surface area is 210 Å². The molecule has 0 unspecified atom stereocenters. The molecule has 0 radical (unpaired) electrons. The highest BCUT2D eigenvalue weighted by atomic mass is 35.5. The van der Waals surface area contributed by atoms with E-state index >= 15 is 0 Å². The van der Waals surface area contributed by atoms with E-state index in [-0.39, 0.29) is 23.8 Å². The molecule has 0 saturated heterocycles. The molecule has 5 rings (SSSR count). The zero-order valence-corrected chi connectivity index (χ0v) is 20.3. The van der Waals surface area contributed by atoms with E-state index in [4.69, 9.17) is 16.3 Å². The molecule has 0 fully saturated rings. The summed E-state index contributed by atoms with van der Waals surface area (Å²) < 4.78 is 8.39. The van der Waals surface area contributed by atoms with Crippen molar-refractivity contribution in [3.05, 3.63) is 87.4 Å². The van der Waals surface area contributed by atoms with E-state index in [2.05, 4.69) is 25.5 Å². The molecule has 0 saturated carbocycles. The second kappa shape index (κ2) is 9.67. The second-order valence-corrected chi connectivity index (χ2v) is 8.48. The number of hydrogen-bond acceptors (Lipinski definition) is 6. The Hall–Kier alpha value is -4.44. The van der Waals surface area contributed by atoms with Gasteiger partial charge in [0.05, 0.1) is 30.6 Å². The summed E-state index contributed by atoms with van der Waals surface area (Å²) in [5.41, 5.74) is 2.13. The minimum absolute atomic E-state index is 0.146. The van der Waals surface area contributed by atoms with Gasteiger partial charge in [-0.1, -0.05) is 23.7 Å². The van der Waals surface area contributed by atoms with Crippen LogP contribution in [-0.4, -0.2) is 42.0 Å². The summed E-state index contributed by atoms with van der Waals surface area (Å²) >= 11 is 6.00. The zero-order chi connectivity index (χ0) is 25.2. The molecule has 0 aliphatic rings. The van der Waals surface area contributed by atoms with E-state index < -0.39 is 0 Å². The summed E-state index contributed by atoms with van der Waals surface area (Å²) in [4.78, 5) is 32.9. The first kappa shape index (κ1) is 23.3. The van der Waals surface area contributed by atoms with Crippen LogP contribution in [0.5, 0.6) is 5.75 Å². The first-order chi connectivity index (χ1) is 17.4. The molecule has 1 amide bonds. The highest BCUT2D eigenvalue weighted by Crippen LogP contribution is 2.20. The minimum Gasteiger partial charge on any atom is -0.494 e. The highest BCUT2D eigenvalue weighted by Gasteiger charge is 2.17. The van der Waals surface area contributed by atoms with Crippen LogP contribution in [0.1, 0.15) is 18.2 Å². The van der Waals surface area contributed by atoms with E-state index in [9.17, 15) is 9.59 Å². The van der Waals surface area contributed by atoms with Crippen LogP contribution in [0.15, 0.2) is 65.6 Å². The summed E-state index contributed by atoms with van der Waals surface area (Å²) in [6.07, 6.45) is 1.61. The lowest BCUT2D eigenvalue weighted by Crippen LogP contribution is -2.20. The van der Waals surface area contributed by atoms with Gasteiger partial charge in [0.15, 0.2) is 5.65 Å². The van der Waals surface area contributed by atoms with Crippen LogP contribution >= 0.6 is 11.6 Å². The molecule has 10 nitrogen and oxygen atoms in total. The van der Waals surface area contributed by atoms with Crippen LogP contribution in [-0.2, 0) is 11.2 Å². The maximum absolute atomic E-state index is 12.8. The molecule has 0 aliphatic heterocycles. The van der Waals surface area contributed by atoms with Gasteiger partial charge >= 0.3 is 0 Å². The molecule has 3 heterocycles. The van der Waals surface area contributed by atoms with Crippen LogP contribution in [0.2, 0.25) is 5.02 Å². The smallest absolute Gasteiger partial charge is 0.263 e.